The molecule has 3 aliphatic rings. The molecule has 2 bridgehead atoms. The molecule has 0 saturated carbocycles. The average molecular weight is 535 g/mol. The Morgan fingerprint density at radius 2 is 1.64 bits per heavy atom. The van der Waals surface area contributed by atoms with Crippen LogP contribution in [0, 0.1) is 11.8 Å². The first kappa shape index (κ1) is 27.1. The van der Waals surface area contributed by atoms with Crippen LogP contribution in [0.1, 0.15) is 40.5 Å². The van der Waals surface area contributed by atoms with Crippen molar-refractivity contribution < 1.29 is 24.2 Å². The highest BCUT2D eigenvalue weighted by Crippen LogP contribution is 2.63. The van der Waals surface area contributed by atoms with Crippen molar-refractivity contribution in [2.24, 2.45) is 11.8 Å². The summed E-state index contributed by atoms with van der Waals surface area (Å²) >= 11 is 0. The standard InChI is InChI=1S/C30H38N4O5/c1-5-33(6-2)22-14-12-21(13-15-22)32-27(37)25-30-17-16-29(4,39-30)23(24(30)28(38)34(25)19(3)18-35)26(36)31-20-10-8-7-9-11-20/h7-15,19,23-25,35H,5-6,16-18H2,1-4H3,(H,31,36)(H,32,37)/t19-,23-,24+,25?,29+,30?/m1/s1. The second-order valence-corrected chi connectivity index (χ2v) is 11.1. The van der Waals surface area contributed by atoms with E-state index in [4.69, 9.17) is 4.74 Å². The molecule has 9 nitrogen and oxygen atoms in total. The summed E-state index contributed by atoms with van der Waals surface area (Å²) in [7, 11) is 0. The SMILES string of the molecule is CCN(CC)c1ccc(NC(=O)C2N([C@H](C)CO)C(=O)[C@@H]3[C@H](C(=O)Nc4ccccc4)[C@]4(C)CCC23O4)cc1. The van der Waals surface area contributed by atoms with Crippen molar-refractivity contribution in [2.75, 3.05) is 35.2 Å². The van der Waals surface area contributed by atoms with E-state index in [0.717, 1.165) is 18.8 Å². The van der Waals surface area contributed by atoms with Gasteiger partial charge < -0.3 is 30.3 Å². The number of nitrogens with one attached hydrogen (secondary N) is 2. The smallest absolute Gasteiger partial charge is 0.250 e. The Morgan fingerprint density at radius 3 is 2.26 bits per heavy atom. The van der Waals surface area contributed by atoms with E-state index in [1.54, 1.807) is 19.1 Å². The van der Waals surface area contributed by atoms with Gasteiger partial charge in [0.15, 0.2) is 0 Å². The summed E-state index contributed by atoms with van der Waals surface area (Å²) in [5, 5.41) is 16.0. The summed E-state index contributed by atoms with van der Waals surface area (Å²) in [4.78, 5) is 45.2. The summed E-state index contributed by atoms with van der Waals surface area (Å²) in [6.45, 7) is 9.19. The molecule has 3 aliphatic heterocycles. The van der Waals surface area contributed by atoms with Crippen LogP contribution in [0.2, 0.25) is 0 Å². The molecule has 3 fully saturated rings. The first-order chi connectivity index (χ1) is 18.7. The van der Waals surface area contributed by atoms with E-state index in [1.165, 1.54) is 4.90 Å². The number of hydrogen-bond acceptors (Lipinski definition) is 6. The van der Waals surface area contributed by atoms with Gasteiger partial charge in [0, 0.05) is 30.2 Å². The topological polar surface area (TPSA) is 111 Å². The maximum Gasteiger partial charge on any atom is 0.250 e. The van der Waals surface area contributed by atoms with E-state index in [2.05, 4.69) is 29.4 Å². The first-order valence-corrected chi connectivity index (χ1v) is 13.8. The van der Waals surface area contributed by atoms with E-state index in [9.17, 15) is 19.5 Å². The Kier molecular flexibility index (Phi) is 7.15. The zero-order chi connectivity index (χ0) is 27.9. The molecular formula is C30H38N4O5. The van der Waals surface area contributed by atoms with Crippen LogP contribution in [0.3, 0.4) is 0 Å². The van der Waals surface area contributed by atoms with Gasteiger partial charge in [0.25, 0.3) is 0 Å². The lowest BCUT2D eigenvalue weighted by molar-refractivity contribution is -0.146. The summed E-state index contributed by atoms with van der Waals surface area (Å²) in [6.07, 6.45) is 1.02. The van der Waals surface area contributed by atoms with Crippen molar-refractivity contribution >= 4 is 34.8 Å². The molecule has 39 heavy (non-hydrogen) atoms. The van der Waals surface area contributed by atoms with Crippen LogP contribution in [0.5, 0.6) is 0 Å². The molecule has 3 N–H and O–H groups in total. The van der Waals surface area contributed by atoms with Crippen LogP contribution in [0.15, 0.2) is 54.6 Å². The molecule has 1 spiro atoms. The molecule has 3 heterocycles. The third-order valence-electron chi connectivity index (χ3n) is 8.79. The summed E-state index contributed by atoms with van der Waals surface area (Å²) in [6, 6.07) is 15.1. The molecule has 2 aromatic rings. The number of aliphatic hydroxyl groups excluding tert-OH is 1. The highest BCUT2D eigenvalue weighted by molar-refractivity contribution is 6.05. The maximum absolute atomic E-state index is 14.0. The van der Waals surface area contributed by atoms with Gasteiger partial charge in [0.05, 0.1) is 30.1 Å². The van der Waals surface area contributed by atoms with Gasteiger partial charge in [-0.1, -0.05) is 18.2 Å². The second kappa shape index (κ2) is 10.3. The molecule has 2 unspecified atom stereocenters. The van der Waals surface area contributed by atoms with Gasteiger partial charge in [0.2, 0.25) is 17.7 Å². The van der Waals surface area contributed by atoms with Crippen molar-refractivity contribution in [1.82, 2.24) is 4.90 Å². The predicted octanol–water partition coefficient (Wildman–Crippen LogP) is 3.26. The lowest BCUT2D eigenvalue weighted by atomic mass is 9.66. The molecule has 0 aromatic heterocycles. The van der Waals surface area contributed by atoms with Gasteiger partial charge in [-0.25, -0.2) is 0 Å². The van der Waals surface area contributed by atoms with E-state index in [0.29, 0.717) is 24.2 Å². The predicted molar refractivity (Wildman–Crippen MR) is 149 cm³/mol. The average Bonchev–Trinajstić information content (AvgIpc) is 3.51. The lowest BCUT2D eigenvalue weighted by Gasteiger charge is -2.35. The van der Waals surface area contributed by atoms with E-state index in [1.807, 2.05) is 49.4 Å². The third kappa shape index (κ3) is 4.37. The number of fused-ring (bicyclic) bond motifs is 1. The summed E-state index contributed by atoms with van der Waals surface area (Å²) < 4.78 is 6.62. The van der Waals surface area contributed by atoms with Crippen LogP contribution in [0.4, 0.5) is 17.1 Å². The van der Waals surface area contributed by atoms with Gasteiger partial charge in [0.1, 0.15) is 11.6 Å². The van der Waals surface area contributed by atoms with Gasteiger partial charge in [-0.15, -0.1) is 0 Å². The summed E-state index contributed by atoms with van der Waals surface area (Å²) in [5.41, 5.74) is 0.270. The van der Waals surface area contributed by atoms with Gasteiger partial charge in [-0.3, -0.25) is 14.4 Å². The van der Waals surface area contributed by atoms with Crippen LogP contribution in [-0.2, 0) is 19.1 Å². The van der Waals surface area contributed by atoms with Gasteiger partial charge in [-0.05, 0) is 76.9 Å². The Hall–Kier alpha value is -3.43. The Labute approximate surface area is 229 Å². The highest BCUT2D eigenvalue weighted by Gasteiger charge is 2.78. The number of likely N-dealkylation sites (tertiary alicyclic amines) is 1. The highest BCUT2D eigenvalue weighted by atomic mass is 16.5. The van der Waals surface area contributed by atoms with Crippen LogP contribution >= 0.6 is 0 Å². The largest absolute Gasteiger partial charge is 0.394 e. The number of hydrogen-bond donors (Lipinski definition) is 3. The van der Waals surface area contributed by atoms with Crippen molar-refractivity contribution in [3.05, 3.63) is 54.6 Å². The number of para-hydroxylation sites is 1. The number of anilines is 3. The second-order valence-electron chi connectivity index (χ2n) is 11.1. The fourth-order valence-corrected chi connectivity index (χ4v) is 6.92. The minimum absolute atomic E-state index is 0.298. The molecule has 9 heteroatoms. The van der Waals surface area contributed by atoms with Crippen LogP contribution < -0.4 is 15.5 Å². The van der Waals surface area contributed by atoms with Crippen molar-refractivity contribution in [3.63, 3.8) is 0 Å². The minimum Gasteiger partial charge on any atom is -0.394 e. The van der Waals surface area contributed by atoms with E-state index < -0.39 is 35.1 Å². The number of carbonyl (C=O) groups is 3. The molecule has 3 saturated heterocycles. The van der Waals surface area contributed by atoms with Gasteiger partial charge in [-0.2, -0.15) is 0 Å². The molecular weight excluding hydrogens is 496 g/mol. The number of carbonyl (C=O) groups excluding carboxylic acids is 3. The molecule has 0 aliphatic carbocycles. The molecule has 6 atom stereocenters. The summed E-state index contributed by atoms with van der Waals surface area (Å²) in [5.74, 6) is -2.60. The van der Waals surface area contributed by atoms with Crippen molar-refractivity contribution in [2.45, 2.75) is 63.8 Å². The Balaban J connectivity index is 1.46. The van der Waals surface area contributed by atoms with Crippen LogP contribution in [0.25, 0.3) is 0 Å². The molecule has 3 amide bonds. The Bertz CT molecular complexity index is 1230. The molecule has 5 rings (SSSR count). The third-order valence-corrected chi connectivity index (χ3v) is 8.79. The minimum atomic E-state index is -1.15. The van der Waals surface area contributed by atoms with Crippen molar-refractivity contribution in [1.29, 1.82) is 0 Å². The van der Waals surface area contributed by atoms with Crippen molar-refractivity contribution in [3.8, 4) is 0 Å². The number of nitrogens with zero attached hydrogens (tertiary/aromatic N) is 2. The normalized spacial score (nSPS) is 29.7. The fourth-order valence-electron chi connectivity index (χ4n) is 6.92. The fraction of sp³-hybridized carbons (Fsp3) is 0.500. The first-order valence-electron chi connectivity index (χ1n) is 13.8. The van der Waals surface area contributed by atoms with E-state index in [-0.39, 0.29) is 24.3 Å². The number of rotatable bonds is 9. The monoisotopic (exact) mass is 534 g/mol. The van der Waals surface area contributed by atoms with Gasteiger partial charge >= 0.3 is 0 Å². The zero-order valence-electron chi connectivity index (χ0n) is 23.0. The number of benzene rings is 2. The van der Waals surface area contributed by atoms with Crippen LogP contribution in [-0.4, -0.2) is 70.7 Å². The number of ether oxygens (including phenoxy) is 1. The number of aliphatic hydroxyl groups is 1. The molecule has 208 valence electrons. The zero-order valence-corrected chi connectivity index (χ0v) is 23.0. The van der Waals surface area contributed by atoms with E-state index >= 15 is 0 Å². The molecule has 2 aromatic carbocycles. The maximum atomic E-state index is 14.0. The quantitative estimate of drug-likeness (QED) is 0.456. The number of amides is 3. The lowest BCUT2D eigenvalue weighted by Crippen LogP contribution is -2.55. The Morgan fingerprint density at radius 1 is 1.03 bits per heavy atom. The molecule has 0 radical (unpaired) electrons.